The molecule has 2 N–H and O–H groups in total. The molecule has 0 aromatic carbocycles. The van der Waals surface area contributed by atoms with Crippen LogP contribution in [0.3, 0.4) is 0 Å². The SMILES string of the molecule is Cc1n[nH]c(C)c1C1CCCCCN1C(=O)NCC(C)S(C)=O. The molecule has 2 heterocycles. The Morgan fingerprint density at radius 2 is 2.17 bits per heavy atom. The highest BCUT2D eigenvalue weighted by Crippen LogP contribution is 2.33. The molecule has 2 amide bonds. The maximum Gasteiger partial charge on any atom is 0.317 e. The first-order valence-electron chi connectivity index (χ1n) is 8.30. The molecule has 1 fully saturated rings. The van der Waals surface area contributed by atoms with E-state index in [9.17, 15) is 9.00 Å². The van der Waals surface area contributed by atoms with E-state index in [1.54, 1.807) is 6.26 Å². The van der Waals surface area contributed by atoms with Crippen molar-refractivity contribution >= 4 is 16.8 Å². The summed E-state index contributed by atoms with van der Waals surface area (Å²) >= 11 is 0. The summed E-state index contributed by atoms with van der Waals surface area (Å²) in [5, 5.41) is 10.2. The molecule has 130 valence electrons. The molecule has 0 aliphatic carbocycles. The van der Waals surface area contributed by atoms with E-state index in [4.69, 9.17) is 0 Å². The largest absolute Gasteiger partial charge is 0.337 e. The van der Waals surface area contributed by atoms with Gasteiger partial charge in [0, 0.05) is 46.7 Å². The van der Waals surface area contributed by atoms with Crippen molar-refractivity contribution in [3.05, 3.63) is 17.0 Å². The van der Waals surface area contributed by atoms with Crippen molar-refractivity contribution in [1.29, 1.82) is 0 Å². The Labute approximate surface area is 140 Å². The third kappa shape index (κ3) is 4.34. The zero-order chi connectivity index (χ0) is 17.0. The lowest BCUT2D eigenvalue weighted by Crippen LogP contribution is -2.45. The number of aromatic nitrogens is 2. The van der Waals surface area contributed by atoms with E-state index in [1.807, 2.05) is 25.7 Å². The van der Waals surface area contributed by atoms with Gasteiger partial charge in [-0.15, -0.1) is 0 Å². The van der Waals surface area contributed by atoms with Gasteiger partial charge in [0.15, 0.2) is 0 Å². The lowest BCUT2D eigenvalue weighted by molar-refractivity contribution is 0.175. The normalized spacial score (nSPS) is 21.6. The molecule has 2 rings (SSSR count). The fourth-order valence-corrected chi connectivity index (χ4v) is 3.47. The van der Waals surface area contributed by atoms with Crippen molar-refractivity contribution in [2.45, 2.75) is 57.7 Å². The molecule has 1 aromatic heterocycles. The molecule has 0 bridgehead atoms. The number of hydrogen-bond donors (Lipinski definition) is 2. The molecule has 0 radical (unpaired) electrons. The summed E-state index contributed by atoms with van der Waals surface area (Å²) in [7, 11) is -0.929. The van der Waals surface area contributed by atoms with Crippen molar-refractivity contribution in [3.8, 4) is 0 Å². The molecule has 23 heavy (non-hydrogen) atoms. The van der Waals surface area contributed by atoms with Gasteiger partial charge in [-0.1, -0.05) is 12.8 Å². The predicted molar refractivity (Wildman–Crippen MR) is 92.9 cm³/mol. The van der Waals surface area contributed by atoms with Crippen LogP contribution in [-0.4, -0.2) is 49.9 Å². The molecule has 3 atom stereocenters. The Balaban J connectivity index is 2.15. The predicted octanol–water partition coefficient (Wildman–Crippen LogP) is 2.42. The zero-order valence-electron chi connectivity index (χ0n) is 14.5. The highest BCUT2D eigenvalue weighted by Gasteiger charge is 2.30. The average molecular weight is 340 g/mol. The van der Waals surface area contributed by atoms with Gasteiger partial charge in [0.25, 0.3) is 0 Å². The molecule has 1 aromatic rings. The number of rotatable bonds is 4. The van der Waals surface area contributed by atoms with Crippen LogP contribution in [0.25, 0.3) is 0 Å². The van der Waals surface area contributed by atoms with Crippen LogP contribution in [0.2, 0.25) is 0 Å². The number of aromatic amines is 1. The molecule has 7 heteroatoms. The number of aryl methyl sites for hydroxylation is 2. The van der Waals surface area contributed by atoms with Gasteiger partial charge in [0.2, 0.25) is 0 Å². The Morgan fingerprint density at radius 1 is 1.43 bits per heavy atom. The number of likely N-dealkylation sites (tertiary alicyclic amines) is 1. The van der Waals surface area contributed by atoms with Gasteiger partial charge in [-0.3, -0.25) is 9.31 Å². The summed E-state index contributed by atoms with van der Waals surface area (Å²) in [6, 6.07) is 0.00730. The monoisotopic (exact) mass is 340 g/mol. The number of urea groups is 1. The minimum Gasteiger partial charge on any atom is -0.337 e. The summed E-state index contributed by atoms with van der Waals surface area (Å²) in [6.07, 6.45) is 5.92. The summed E-state index contributed by atoms with van der Waals surface area (Å²) in [5.74, 6) is 0. The Hall–Kier alpha value is -1.37. The second-order valence-corrected chi connectivity index (χ2v) is 8.20. The van der Waals surface area contributed by atoms with E-state index in [0.717, 1.165) is 49.2 Å². The van der Waals surface area contributed by atoms with Crippen LogP contribution in [0.5, 0.6) is 0 Å². The van der Waals surface area contributed by atoms with E-state index in [0.29, 0.717) is 6.54 Å². The number of amides is 2. The summed E-state index contributed by atoms with van der Waals surface area (Å²) in [5.41, 5.74) is 3.15. The Kier molecular flexibility index (Phi) is 6.21. The molecule has 0 spiro atoms. The molecule has 0 saturated carbocycles. The number of nitrogens with zero attached hydrogens (tertiary/aromatic N) is 2. The third-order valence-corrected chi connectivity index (χ3v) is 5.94. The van der Waals surface area contributed by atoms with Gasteiger partial charge in [-0.25, -0.2) is 4.79 Å². The number of nitrogens with one attached hydrogen (secondary N) is 2. The van der Waals surface area contributed by atoms with Gasteiger partial charge < -0.3 is 10.2 Å². The lowest BCUT2D eigenvalue weighted by atomic mass is 9.99. The van der Waals surface area contributed by atoms with E-state index >= 15 is 0 Å². The third-order valence-electron chi connectivity index (χ3n) is 4.64. The number of hydrogen-bond acceptors (Lipinski definition) is 3. The summed E-state index contributed by atoms with van der Waals surface area (Å²) in [6.45, 7) is 7.08. The van der Waals surface area contributed by atoms with Crippen LogP contribution in [0.1, 0.15) is 55.6 Å². The van der Waals surface area contributed by atoms with Gasteiger partial charge in [-0.05, 0) is 33.6 Å². The van der Waals surface area contributed by atoms with Crippen molar-refractivity contribution in [3.63, 3.8) is 0 Å². The number of H-pyrrole nitrogens is 1. The topological polar surface area (TPSA) is 78.1 Å². The Bertz CT molecular complexity index is 553. The van der Waals surface area contributed by atoms with Crippen molar-refractivity contribution < 1.29 is 9.00 Å². The number of carbonyl (C=O) groups excluding carboxylic acids is 1. The van der Waals surface area contributed by atoms with E-state index < -0.39 is 10.8 Å². The second-order valence-electron chi connectivity index (χ2n) is 6.40. The van der Waals surface area contributed by atoms with Crippen LogP contribution >= 0.6 is 0 Å². The van der Waals surface area contributed by atoms with E-state index in [1.165, 1.54) is 0 Å². The van der Waals surface area contributed by atoms with Crippen LogP contribution in [0, 0.1) is 13.8 Å². The van der Waals surface area contributed by atoms with Crippen LogP contribution in [0.15, 0.2) is 0 Å². The van der Waals surface area contributed by atoms with E-state index in [-0.39, 0.29) is 17.3 Å². The molecule has 1 aliphatic rings. The van der Waals surface area contributed by atoms with Crippen LogP contribution < -0.4 is 5.32 Å². The van der Waals surface area contributed by atoms with Crippen LogP contribution in [0.4, 0.5) is 4.79 Å². The minimum absolute atomic E-state index is 0.0400. The number of carbonyl (C=O) groups is 1. The molecule has 1 saturated heterocycles. The molecular weight excluding hydrogens is 312 g/mol. The smallest absolute Gasteiger partial charge is 0.317 e. The Morgan fingerprint density at radius 3 is 2.78 bits per heavy atom. The lowest BCUT2D eigenvalue weighted by Gasteiger charge is -2.31. The molecule has 1 aliphatic heterocycles. The van der Waals surface area contributed by atoms with E-state index in [2.05, 4.69) is 15.5 Å². The first kappa shape index (κ1) is 18.0. The average Bonchev–Trinajstić information content (AvgIpc) is 2.72. The van der Waals surface area contributed by atoms with Crippen LogP contribution in [-0.2, 0) is 10.8 Å². The quantitative estimate of drug-likeness (QED) is 0.883. The first-order valence-corrected chi connectivity index (χ1v) is 9.92. The standard InChI is InChI=1S/C16H28N4O2S/c1-11(23(4)22)10-17-16(21)20-9-7-5-6-8-14(20)15-12(2)18-19-13(15)3/h11,14H,5-10H2,1-4H3,(H,17,21)(H,18,19). The first-order chi connectivity index (χ1) is 10.9. The summed E-state index contributed by atoms with van der Waals surface area (Å²) < 4.78 is 11.5. The van der Waals surface area contributed by atoms with Gasteiger partial charge >= 0.3 is 6.03 Å². The molecule has 6 nitrogen and oxygen atoms in total. The van der Waals surface area contributed by atoms with Gasteiger partial charge in [0.05, 0.1) is 11.7 Å². The van der Waals surface area contributed by atoms with Gasteiger partial charge in [0.1, 0.15) is 0 Å². The van der Waals surface area contributed by atoms with Crippen molar-refractivity contribution in [2.24, 2.45) is 0 Å². The fourth-order valence-electron chi connectivity index (χ4n) is 3.15. The highest BCUT2D eigenvalue weighted by atomic mass is 32.2. The van der Waals surface area contributed by atoms with Gasteiger partial charge in [-0.2, -0.15) is 5.10 Å². The van der Waals surface area contributed by atoms with Crippen molar-refractivity contribution in [1.82, 2.24) is 20.4 Å². The minimum atomic E-state index is -0.929. The maximum absolute atomic E-state index is 12.7. The fraction of sp³-hybridized carbons (Fsp3) is 0.750. The molecule has 3 unspecified atom stereocenters. The molecular formula is C16H28N4O2S. The second kappa shape index (κ2) is 7.95. The van der Waals surface area contributed by atoms with Crippen molar-refractivity contribution in [2.75, 3.05) is 19.3 Å². The highest BCUT2D eigenvalue weighted by molar-refractivity contribution is 7.84. The maximum atomic E-state index is 12.7. The zero-order valence-corrected chi connectivity index (χ0v) is 15.3. The summed E-state index contributed by atoms with van der Waals surface area (Å²) in [4.78, 5) is 14.6.